The van der Waals surface area contributed by atoms with Crippen LogP contribution in [0.15, 0.2) is 48.6 Å². The number of unbranched alkanes of at least 4 members (excludes halogenated alkanes) is 33. The highest BCUT2D eigenvalue weighted by molar-refractivity contribution is 5.76. The molecule has 0 fully saturated rings. The summed E-state index contributed by atoms with van der Waals surface area (Å²) in [6.07, 6.45) is 69.3. The minimum atomic E-state index is -0.661. The van der Waals surface area contributed by atoms with Crippen molar-refractivity contribution in [1.82, 2.24) is 5.32 Å². The van der Waals surface area contributed by atoms with Crippen molar-refractivity contribution in [2.45, 2.75) is 289 Å². The molecule has 0 aromatic heterocycles. The Bertz CT molecular complexity index is 939. The van der Waals surface area contributed by atoms with E-state index in [1.54, 1.807) is 0 Å². The van der Waals surface area contributed by atoms with Gasteiger partial charge in [0, 0.05) is 6.42 Å². The van der Waals surface area contributed by atoms with Crippen LogP contribution in [0, 0.1) is 0 Å². The van der Waals surface area contributed by atoms with Crippen LogP contribution in [0.3, 0.4) is 0 Å². The summed E-state index contributed by atoms with van der Waals surface area (Å²) < 4.78 is 0. The molecule has 2 atom stereocenters. The van der Waals surface area contributed by atoms with Gasteiger partial charge in [0.15, 0.2) is 0 Å². The van der Waals surface area contributed by atoms with Crippen LogP contribution < -0.4 is 5.32 Å². The summed E-state index contributed by atoms with van der Waals surface area (Å²) in [6.45, 7) is 4.27. The average molecular weight is 826 g/mol. The molecule has 0 aromatic rings. The first-order valence-electron chi connectivity index (χ1n) is 26.3. The molecule has 0 aromatic carbocycles. The predicted octanol–water partition coefficient (Wildman–Crippen LogP) is 17.1. The highest BCUT2D eigenvalue weighted by Gasteiger charge is 2.20. The third-order valence-corrected chi connectivity index (χ3v) is 12.1. The van der Waals surface area contributed by atoms with Crippen molar-refractivity contribution in [3.8, 4) is 0 Å². The molecule has 0 rings (SSSR count). The second kappa shape index (κ2) is 50.7. The number of hydrogen-bond acceptors (Lipinski definition) is 3. The fourth-order valence-corrected chi connectivity index (χ4v) is 8.12. The molecule has 0 radical (unpaired) electrons. The largest absolute Gasteiger partial charge is 0.394 e. The SMILES string of the molecule is CC/C=C\C/C=C\C/C=C\C/C=C\CCCCCCCCCCCCCCCCC(=O)NC(CO)C(O)CCCCCCCCCCCCCCCCCCCCCC. The number of rotatable bonds is 48. The topological polar surface area (TPSA) is 69.6 Å². The summed E-state index contributed by atoms with van der Waals surface area (Å²) >= 11 is 0. The molecule has 3 N–H and O–H groups in total. The van der Waals surface area contributed by atoms with Crippen LogP contribution in [0.25, 0.3) is 0 Å². The van der Waals surface area contributed by atoms with E-state index in [2.05, 4.69) is 67.8 Å². The van der Waals surface area contributed by atoms with E-state index in [9.17, 15) is 15.0 Å². The molecule has 0 aliphatic rings. The smallest absolute Gasteiger partial charge is 0.220 e. The van der Waals surface area contributed by atoms with Gasteiger partial charge in [0.2, 0.25) is 5.91 Å². The quantitative estimate of drug-likeness (QED) is 0.0423. The van der Waals surface area contributed by atoms with Gasteiger partial charge in [-0.3, -0.25) is 4.79 Å². The Balaban J connectivity index is 3.47. The van der Waals surface area contributed by atoms with E-state index in [4.69, 9.17) is 0 Å². The lowest BCUT2D eigenvalue weighted by atomic mass is 10.0. The third kappa shape index (κ3) is 47.3. The predicted molar refractivity (Wildman–Crippen MR) is 262 cm³/mol. The molecule has 4 heteroatoms. The number of nitrogens with one attached hydrogen (secondary N) is 1. The Morgan fingerprint density at radius 1 is 0.424 bits per heavy atom. The molecule has 0 saturated heterocycles. The van der Waals surface area contributed by atoms with Gasteiger partial charge in [-0.15, -0.1) is 0 Å². The molecule has 59 heavy (non-hydrogen) atoms. The lowest BCUT2D eigenvalue weighted by molar-refractivity contribution is -0.123. The van der Waals surface area contributed by atoms with Gasteiger partial charge in [-0.25, -0.2) is 0 Å². The Morgan fingerprint density at radius 2 is 0.746 bits per heavy atom. The molecule has 0 saturated carbocycles. The number of allylic oxidation sites excluding steroid dienone is 8. The van der Waals surface area contributed by atoms with Crippen LogP contribution in [0.2, 0.25) is 0 Å². The van der Waals surface area contributed by atoms with Gasteiger partial charge in [-0.2, -0.15) is 0 Å². The minimum absolute atomic E-state index is 0.0301. The van der Waals surface area contributed by atoms with Crippen molar-refractivity contribution in [2.75, 3.05) is 6.61 Å². The fraction of sp³-hybridized carbons (Fsp3) is 0.836. The van der Waals surface area contributed by atoms with Crippen LogP contribution in [0.4, 0.5) is 0 Å². The van der Waals surface area contributed by atoms with Gasteiger partial charge in [-0.1, -0.05) is 268 Å². The zero-order chi connectivity index (χ0) is 42.8. The summed E-state index contributed by atoms with van der Waals surface area (Å²) in [6, 6.07) is -0.538. The highest BCUT2D eigenvalue weighted by atomic mass is 16.3. The van der Waals surface area contributed by atoms with Crippen LogP contribution >= 0.6 is 0 Å². The number of hydrogen-bond donors (Lipinski definition) is 3. The zero-order valence-corrected chi connectivity index (χ0v) is 39.8. The lowest BCUT2D eigenvalue weighted by Crippen LogP contribution is -2.45. The monoisotopic (exact) mass is 826 g/mol. The summed E-state index contributed by atoms with van der Waals surface area (Å²) in [4.78, 5) is 12.5. The maximum atomic E-state index is 12.5. The van der Waals surface area contributed by atoms with Gasteiger partial charge < -0.3 is 15.5 Å². The van der Waals surface area contributed by atoms with Gasteiger partial charge in [0.1, 0.15) is 0 Å². The van der Waals surface area contributed by atoms with E-state index in [1.165, 1.54) is 199 Å². The Hall–Kier alpha value is -1.65. The Morgan fingerprint density at radius 3 is 1.12 bits per heavy atom. The third-order valence-electron chi connectivity index (χ3n) is 12.1. The maximum absolute atomic E-state index is 12.5. The molecule has 1 amide bonds. The van der Waals surface area contributed by atoms with E-state index >= 15 is 0 Å². The summed E-state index contributed by atoms with van der Waals surface area (Å²) in [5.74, 6) is -0.0301. The molecule has 0 heterocycles. The van der Waals surface area contributed by atoms with Crippen molar-refractivity contribution in [2.24, 2.45) is 0 Å². The average Bonchev–Trinajstić information content (AvgIpc) is 3.24. The van der Waals surface area contributed by atoms with E-state index in [0.29, 0.717) is 12.8 Å². The number of aliphatic hydroxyl groups is 2. The van der Waals surface area contributed by atoms with Crippen LogP contribution in [0.1, 0.15) is 277 Å². The molecule has 4 nitrogen and oxygen atoms in total. The van der Waals surface area contributed by atoms with E-state index in [0.717, 1.165) is 51.4 Å². The molecular weight excluding hydrogens is 723 g/mol. The first kappa shape index (κ1) is 57.3. The van der Waals surface area contributed by atoms with E-state index < -0.39 is 12.1 Å². The molecule has 0 aliphatic carbocycles. The fourth-order valence-electron chi connectivity index (χ4n) is 8.12. The van der Waals surface area contributed by atoms with Crippen LogP contribution in [0.5, 0.6) is 0 Å². The van der Waals surface area contributed by atoms with Crippen LogP contribution in [-0.4, -0.2) is 34.9 Å². The van der Waals surface area contributed by atoms with Crippen molar-refractivity contribution in [3.05, 3.63) is 48.6 Å². The standard InChI is InChI=1S/C55H103NO3/c1-3-5-7-9-11-13-15-17-19-21-23-25-26-27-28-29-30-31-33-35-37-39-41-43-45-47-49-51-55(59)56-53(52-57)54(58)50-48-46-44-42-40-38-36-34-32-24-22-20-18-16-14-12-10-8-6-4-2/h5,7,11,13,17,19,23,25,53-54,57-58H,3-4,6,8-10,12,14-16,18,20-22,24,26-52H2,1-2H3,(H,56,59)/b7-5-,13-11-,19-17-,25-23-. The van der Waals surface area contributed by atoms with Gasteiger partial charge in [0.25, 0.3) is 0 Å². The molecule has 0 aliphatic heterocycles. The number of amides is 1. The lowest BCUT2D eigenvalue weighted by Gasteiger charge is -2.22. The number of aliphatic hydroxyl groups excluding tert-OH is 2. The summed E-state index contributed by atoms with van der Waals surface area (Å²) in [5, 5.41) is 23.3. The van der Waals surface area contributed by atoms with Crippen molar-refractivity contribution < 1.29 is 15.0 Å². The van der Waals surface area contributed by atoms with Crippen LogP contribution in [-0.2, 0) is 4.79 Å². The Labute approximate surface area is 369 Å². The maximum Gasteiger partial charge on any atom is 0.220 e. The normalized spacial score (nSPS) is 13.2. The molecular formula is C55H103NO3. The summed E-state index contributed by atoms with van der Waals surface area (Å²) in [7, 11) is 0. The minimum Gasteiger partial charge on any atom is -0.394 e. The first-order valence-corrected chi connectivity index (χ1v) is 26.3. The second-order valence-electron chi connectivity index (χ2n) is 17.9. The van der Waals surface area contributed by atoms with Gasteiger partial charge in [-0.05, 0) is 51.4 Å². The Kier molecular flexibility index (Phi) is 49.3. The van der Waals surface area contributed by atoms with Gasteiger partial charge >= 0.3 is 0 Å². The molecule has 346 valence electrons. The van der Waals surface area contributed by atoms with Crippen molar-refractivity contribution in [3.63, 3.8) is 0 Å². The van der Waals surface area contributed by atoms with Gasteiger partial charge in [0.05, 0.1) is 18.8 Å². The van der Waals surface area contributed by atoms with Crippen molar-refractivity contribution in [1.29, 1.82) is 0 Å². The highest BCUT2D eigenvalue weighted by Crippen LogP contribution is 2.17. The summed E-state index contributed by atoms with van der Waals surface area (Å²) in [5.41, 5.74) is 0. The van der Waals surface area contributed by atoms with Crippen molar-refractivity contribution >= 4 is 5.91 Å². The first-order chi connectivity index (χ1) is 29.2. The zero-order valence-electron chi connectivity index (χ0n) is 39.8. The number of carbonyl (C=O) groups is 1. The molecule has 2 unspecified atom stereocenters. The van der Waals surface area contributed by atoms with E-state index in [1.807, 2.05) is 0 Å². The molecule has 0 bridgehead atoms. The van der Waals surface area contributed by atoms with E-state index in [-0.39, 0.29) is 12.5 Å². The second-order valence-corrected chi connectivity index (χ2v) is 17.9. The molecule has 0 spiro atoms. The number of carbonyl (C=O) groups excluding carboxylic acids is 1.